The van der Waals surface area contributed by atoms with Crippen LogP contribution in [-0.2, 0) is 6.42 Å². The lowest BCUT2D eigenvalue weighted by Crippen LogP contribution is -2.26. The first-order valence-electron chi connectivity index (χ1n) is 9.82. The summed E-state index contributed by atoms with van der Waals surface area (Å²) in [6.07, 6.45) is 5.05. The van der Waals surface area contributed by atoms with Crippen LogP contribution in [0.25, 0.3) is 0 Å². The maximum atomic E-state index is 13.1. The van der Waals surface area contributed by atoms with Gasteiger partial charge in [0.05, 0.1) is 17.5 Å². The zero-order valence-electron chi connectivity index (χ0n) is 15.6. The molecule has 1 fully saturated rings. The summed E-state index contributed by atoms with van der Waals surface area (Å²) < 4.78 is 5.57. The quantitative estimate of drug-likeness (QED) is 0.733. The number of benzene rings is 1. The molecular weight excluding hydrogens is 352 g/mol. The van der Waals surface area contributed by atoms with E-state index < -0.39 is 0 Å². The first kappa shape index (κ1) is 17.0. The SMILES string of the molecule is O=C1CC(c2ccco2)Cc2nc(N3CCCC3)nc(Nc3ccccc3)c21. The number of anilines is 3. The molecule has 1 atom stereocenters. The fraction of sp³-hybridized carbons (Fsp3) is 0.318. The molecule has 0 amide bonds. The minimum atomic E-state index is 0.0286. The summed E-state index contributed by atoms with van der Waals surface area (Å²) >= 11 is 0. The molecule has 28 heavy (non-hydrogen) atoms. The molecule has 5 rings (SSSR count). The Bertz CT molecular complexity index is 979. The van der Waals surface area contributed by atoms with Crippen LogP contribution >= 0.6 is 0 Å². The van der Waals surface area contributed by atoms with Crippen molar-refractivity contribution in [3.05, 3.63) is 65.7 Å². The molecule has 2 aromatic heterocycles. The van der Waals surface area contributed by atoms with E-state index in [-0.39, 0.29) is 11.7 Å². The summed E-state index contributed by atoms with van der Waals surface area (Å²) in [6.45, 7) is 1.91. The smallest absolute Gasteiger partial charge is 0.227 e. The van der Waals surface area contributed by atoms with Gasteiger partial charge in [-0.2, -0.15) is 4.98 Å². The molecule has 1 N–H and O–H groups in total. The van der Waals surface area contributed by atoms with Gasteiger partial charge in [0.1, 0.15) is 11.6 Å². The summed E-state index contributed by atoms with van der Waals surface area (Å²) in [5, 5.41) is 3.35. The fourth-order valence-electron chi connectivity index (χ4n) is 4.10. The average molecular weight is 374 g/mol. The maximum absolute atomic E-state index is 13.1. The fourth-order valence-corrected chi connectivity index (χ4v) is 4.10. The van der Waals surface area contributed by atoms with Crippen molar-refractivity contribution in [1.29, 1.82) is 0 Å². The topological polar surface area (TPSA) is 71.3 Å². The Morgan fingerprint density at radius 3 is 2.57 bits per heavy atom. The molecule has 1 aliphatic heterocycles. The van der Waals surface area contributed by atoms with Crippen LogP contribution in [0, 0.1) is 0 Å². The lowest BCUT2D eigenvalue weighted by atomic mass is 9.84. The van der Waals surface area contributed by atoms with Gasteiger partial charge < -0.3 is 14.6 Å². The molecule has 0 bridgehead atoms. The predicted octanol–water partition coefficient (Wildman–Crippen LogP) is 4.33. The molecule has 1 aliphatic carbocycles. The number of nitrogens with zero attached hydrogens (tertiary/aromatic N) is 3. The molecule has 1 saturated heterocycles. The molecule has 6 nitrogen and oxygen atoms in total. The molecule has 142 valence electrons. The second-order valence-corrected chi connectivity index (χ2v) is 7.42. The average Bonchev–Trinajstić information content (AvgIpc) is 3.42. The van der Waals surface area contributed by atoms with Crippen molar-refractivity contribution in [3.8, 4) is 0 Å². The predicted molar refractivity (Wildman–Crippen MR) is 107 cm³/mol. The van der Waals surface area contributed by atoms with E-state index in [4.69, 9.17) is 14.4 Å². The van der Waals surface area contributed by atoms with Crippen molar-refractivity contribution in [3.63, 3.8) is 0 Å². The lowest BCUT2D eigenvalue weighted by molar-refractivity contribution is 0.0959. The minimum absolute atomic E-state index is 0.0286. The Hall–Kier alpha value is -3.15. The lowest BCUT2D eigenvalue weighted by Gasteiger charge is -2.26. The highest BCUT2D eigenvalue weighted by molar-refractivity contribution is 6.03. The zero-order chi connectivity index (χ0) is 18.9. The van der Waals surface area contributed by atoms with Gasteiger partial charge in [-0.15, -0.1) is 0 Å². The van der Waals surface area contributed by atoms with E-state index in [2.05, 4.69) is 10.2 Å². The van der Waals surface area contributed by atoms with Crippen LogP contribution in [0.1, 0.15) is 47.0 Å². The van der Waals surface area contributed by atoms with Gasteiger partial charge >= 0.3 is 0 Å². The summed E-state index contributed by atoms with van der Waals surface area (Å²) in [6, 6.07) is 13.7. The highest BCUT2D eigenvalue weighted by Gasteiger charge is 2.33. The van der Waals surface area contributed by atoms with E-state index in [1.165, 1.54) is 0 Å². The third kappa shape index (κ3) is 3.15. The van der Waals surface area contributed by atoms with Crippen molar-refractivity contribution in [1.82, 2.24) is 9.97 Å². The number of hydrogen-bond donors (Lipinski definition) is 1. The molecule has 2 aliphatic rings. The van der Waals surface area contributed by atoms with E-state index in [1.54, 1.807) is 6.26 Å². The summed E-state index contributed by atoms with van der Waals surface area (Å²) in [4.78, 5) is 24.8. The van der Waals surface area contributed by atoms with Crippen LogP contribution in [0.2, 0.25) is 0 Å². The number of hydrogen-bond acceptors (Lipinski definition) is 6. The third-order valence-electron chi connectivity index (χ3n) is 5.49. The monoisotopic (exact) mass is 374 g/mol. The Morgan fingerprint density at radius 2 is 1.82 bits per heavy atom. The number of furan rings is 1. The number of nitrogens with one attached hydrogen (secondary N) is 1. The van der Waals surface area contributed by atoms with Crippen molar-refractivity contribution in [2.24, 2.45) is 0 Å². The van der Waals surface area contributed by atoms with E-state index in [9.17, 15) is 4.79 Å². The number of fused-ring (bicyclic) bond motifs is 1. The first-order chi connectivity index (χ1) is 13.8. The molecular formula is C22H22N4O2. The summed E-state index contributed by atoms with van der Waals surface area (Å²) in [7, 11) is 0. The number of carbonyl (C=O) groups excluding carboxylic acids is 1. The number of para-hydroxylation sites is 1. The third-order valence-corrected chi connectivity index (χ3v) is 5.49. The van der Waals surface area contributed by atoms with Crippen LogP contribution in [0.15, 0.2) is 53.1 Å². The van der Waals surface area contributed by atoms with Crippen LogP contribution in [0.4, 0.5) is 17.5 Å². The van der Waals surface area contributed by atoms with Crippen molar-refractivity contribution < 1.29 is 9.21 Å². The highest BCUT2D eigenvalue weighted by Crippen LogP contribution is 2.36. The molecule has 0 saturated carbocycles. The molecule has 3 aromatic rings. The van der Waals surface area contributed by atoms with Crippen LogP contribution in [-0.4, -0.2) is 28.8 Å². The maximum Gasteiger partial charge on any atom is 0.227 e. The van der Waals surface area contributed by atoms with Crippen molar-refractivity contribution in [2.75, 3.05) is 23.3 Å². The van der Waals surface area contributed by atoms with Gasteiger partial charge in [-0.1, -0.05) is 18.2 Å². The van der Waals surface area contributed by atoms with E-state index in [1.807, 2.05) is 42.5 Å². The molecule has 3 heterocycles. The van der Waals surface area contributed by atoms with Gasteiger partial charge in [0.15, 0.2) is 5.78 Å². The molecule has 0 spiro atoms. The van der Waals surface area contributed by atoms with E-state index in [0.29, 0.717) is 30.2 Å². The van der Waals surface area contributed by atoms with Gasteiger partial charge in [-0.25, -0.2) is 4.98 Å². The van der Waals surface area contributed by atoms with Crippen LogP contribution in [0.5, 0.6) is 0 Å². The normalized spacial score (nSPS) is 18.9. The first-order valence-corrected chi connectivity index (χ1v) is 9.82. The number of carbonyl (C=O) groups is 1. The Balaban J connectivity index is 1.57. The van der Waals surface area contributed by atoms with Crippen LogP contribution in [0.3, 0.4) is 0 Å². The number of ketones is 1. The second-order valence-electron chi connectivity index (χ2n) is 7.42. The Kier molecular flexibility index (Phi) is 4.31. The van der Waals surface area contributed by atoms with E-state index in [0.717, 1.165) is 43.1 Å². The van der Waals surface area contributed by atoms with Gasteiger partial charge in [0.25, 0.3) is 0 Å². The second kappa shape index (κ2) is 7.11. The number of aromatic nitrogens is 2. The van der Waals surface area contributed by atoms with Crippen LogP contribution < -0.4 is 10.2 Å². The van der Waals surface area contributed by atoms with Gasteiger partial charge in [0, 0.05) is 37.5 Å². The number of Topliss-reactive ketones (excluding diaryl/α,β-unsaturated/α-hetero) is 1. The largest absolute Gasteiger partial charge is 0.469 e. The van der Waals surface area contributed by atoms with Gasteiger partial charge in [-0.3, -0.25) is 4.79 Å². The standard InChI is InChI=1S/C22H22N4O2/c27-18-14-15(19-9-6-12-28-19)13-17-20(18)21(23-16-7-2-1-3-8-16)25-22(24-17)26-10-4-5-11-26/h1-3,6-9,12,15H,4-5,10-11,13-14H2,(H,23,24,25). The molecule has 0 radical (unpaired) electrons. The van der Waals surface area contributed by atoms with Crippen molar-refractivity contribution in [2.45, 2.75) is 31.6 Å². The molecule has 1 unspecified atom stereocenters. The summed E-state index contributed by atoms with van der Waals surface area (Å²) in [5.41, 5.74) is 2.35. The number of rotatable bonds is 4. The van der Waals surface area contributed by atoms with Crippen molar-refractivity contribution >= 4 is 23.2 Å². The summed E-state index contributed by atoms with van der Waals surface area (Å²) in [5.74, 6) is 2.26. The molecule has 1 aromatic carbocycles. The Morgan fingerprint density at radius 1 is 1.00 bits per heavy atom. The van der Waals surface area contributed by atoms with Gasteiger partial charge in [-0.05, 0) is 37.1 Å². The van der Waals surface area contributed by atoms with E-state index >= 15 is 0 Å². The highest BCUT2D eigenvalue weighted by atomic mass is 16.3. The minimum Gasteiger partial charge on any atom is -0.469 e. The molecule has 6 heteroatoms. The Labute approximate surface area is 163 Å². The zero-order valence-corrected chi connectivity index (χ0v) is 15.6. The van der Waals surface area contributed by atoms with Gasteiger partial charge in [0.2, 0.25) is 5.95 Å².